The minimum absolute atomic E-state index is 0.217. The van der Waals surface area contributed by atoms with E-state index in [1.165, 1.54) is 6.92 Å². The molecule has 0 radical (unpaired) electrons. The molecule has 0 spiro atoms. The summed E-state index contributed by atoms with van der Waals surface area (Å²) >= 11 is 0. The van der Waals surface area contributed by atoms with Crippen LogP contribution in [0, 0.1) is 5.92 Å². The lowest BCUT2D eigenvalue weighted by molar-refractivity contribution is -0.145. The first-order valence-corrected chi connectivity index (χ1v) is 4.90. The third-order valence-electron chi connectivity index (χ3n) is 2.39. The van der Waals surface area contributed by atoms with Gasteiger partial charge in [-0.2, -0.15) is 0 Å². The quantitative estimate of drug-likeness (QED) is 0.767. The first-order valence-electron chi connectivity index (χ1n) is 4.90. The second kappa shape index (κ2) is 5.30. The van der Waals surface area contributed by atoms with E-state index in [1.807, 2.05) is 0 Å². The molecule has 0 saturated heterocycles. The lowest BCUT2D eigenvalue weighted by Gasteiger charge is -2.09. The number of ketones is 1. The van der Waals surface area contributed by atoms with Crippen molar-refractivity contribution in [3.63, 3.8) is 0 Å². The van der Waals surface area contributed by atoms with Crippen molar-refractivity contribution in [2.75, 3.05) is 7.11 Å². The van der Waals surface area contributed by atoms with Gasteiger partial charge in [0.05, 0.1) is 7.11 Å². The Balaban J connectivity index is 2.77. The number of ether oxygens (including phenoxy) is 1. The van der Waals surface area contributed by atoms with Crippen LogP contribution in [0.25, 0.3) is 0 Å². The SMILES string of the molecule is COc1ccc(CC(C(C)=O)C(=O)O)cc1. The number of carboxylic acid groups (broad SMARTS) is 1. The van der Waals surface area contributed by atoms with Gasteiger partial charge in [-0.3, -0.25) is 9.59 Å². The second-order valence-corrected chi connectivity index (χ2v) is 3.55. The van der Waals surface area contributed by atoms with Crippen LogP contribution in [-0.2, 0) is 16.0 Å². The smallest absolute Gasteiger partial charge is 0.314 e. The number of hydrogen-bond acceptors (Lipinski definition) is 3. The summed E-state index contributed by atoms with van der Waals surface area (Å²) in [6.45, 7) is 1.29. The van der Waals surface area contributed by atoms with Gasteiger partial charge < -0.3 is 9.84 Å². The highest BCUT2D eigenvalue weighted by Gasteiger charge is 2.22. The fraction of sp³-hybridized carbons (Fsp3) is 0.333. The maximum atomic E-state index is 11.1. The van der Waals surface area contributed by atoms with E-state index in [0.717, 1.165) is 5.56 Å². The zero-order chi connectivity index (χ0) is 12.1. The van der Waals surface area contributed by atoms with Crippen molar-refractivity contribution in [2.45, 2.75) is 13.3 Å². The highest BCUT2D eigenvalue weighted by molar-refractivity contribution is 5.97. The summed E-state index contributed by atoms with van der Waals surface area (Å²) in [6, 6.07) is 7.01. The predicted octanol–water partition coefficient (Wildman–Crippen LogP) is 1.53. The van der Waals surface area contributed by atoms with E-state index in [1.54, 1.807) is 31.4 Å². The van der Waals surface area contributed by atoms with E-state index in [-0.39, 0.29) is 12.2 Å². The van der Waals surface area contributed by atoms with Crippen LogP contribution in [0.5, 0.6) is 5.75 Å². The average molecular weight is 222 g/mol. The standard InChI is InChI=1S/C12H14O4/c1-8(13)11(12(14)15)7-9-3-5-10(16-2)6-4-9/h3-6,11H,7H2,1-2H3,(H,14,15). The Labute approximate surface area is 93.9 Å². The summed E-state index contributed by atoms with van der Waals surface area (Å²) in [5.41, 5.74) is 0.809. The molecular formula is C12H14O4. The van der Waals surface area contributed by atoms with Crippen LogP contribution in [0.4, 0.5) is 0 Å². The lowest BCUT2D eigenvalue weighted by Crippen LogP contribution is -2.23. The number of hydrogen-bond donors (Lipinski definition) is 1. The Hall–Kier alpha value is -1.84. The Kier molecular flexibility index (Phi) is 4.05. The number of benzene rings is 1. The van der Waals surface area contributed by atoms with Gasteiger partial charge in [0, 0.05) is 0 Å². The van der Waals surface area contributed by atoms with Crippen LogP contribution < -0.4 is 4.74 Å². The average Bonchev–Trinajstić information content (AvgIpc) is 2.25. The van der Waals surface area contributed by atoms with E-state index in [2.05, 4.69) is 0 Å². The van der Waals surface area contributed by atoms with Crippen molar-refractivity contribution in [1.29, 1.82) is 0 Å². The van der Waals surface area contributed by atoms with Gasteiger partial charge in [0.2, 0.25) is 0 Å². The van der Waals surface area contributed by atoms with Crippen molar-refractivity contribution >= 4 is 11.8 Å². The van der Waals surface area contributed by atoms with Gasteiger partial charge in [-0.25, -0.2) is 0 Å². The monoisotopic (exact) mass is 222 g/mol. The summed E-state index contributed by atoms with van der Waals surface area (Å²) in [4.78, 5) is 21.9. The van der Waals surface area contributed by atoms with Crippen molar-refractivity contribution in [3.05, 3.63) is 29.8 Å². The number of Topliss-reactive ketones (excluding diaryl/α,β-unsaturated/α-hetero) is 1. The zero-order valence-electron chi connectivity index (χ0n) is 9.27. The molecule has 0 aromatic heterocycles. The molecule has 0 aliphatic heterocycles. The summed E-state index contributed by atoms with van der Waals surface area (Å²) in [6.07, 6.45) is 0.217. The topological polar surface area (TPSA) is 63.6 Å². The van der Waals surface area contributed by atoms with Gasteiger partial charge in [-0.1, -0.05) is 12.1 Å². The summed E-state index contributed by atoms with van der Waals surface area (Å²) in [5.74, 6) is -1.67. The van der Waals surface area contributed by atoms with Gasteiger partial charge in [-0.05, 0) is 31.0 Å². The third kappa shape index (κ3) is 3.08. The van der Waals surface area contributed by atoms with Gasteiger partial charge in [0.15, 0.2) is 0 Å². The van der Waals surface area contributed by atoms with E-state index in [0.29, 0.717) is 5.75 Å². The first-order chi connectivity index (χ1) is 7.54. The van der Waals surface area contributed by atoms with Gasteiger partial charge in [-0.15, -0.1) is 0 Å². The van der Waals surface area contributed by atoms with Crippen LogP contribution >= 0.6 is 0 Å². The van der Waals surface area contributed by atoms with E-state index >= 15 is 0 Å². The number of methoxy groups -OCH3 is 1. The van der Waals surface area contributed by atoms with Crippen molar-refractivity contribution in [2.24, 2.45) is 5.92 Å². The minimum atomic E-state index is -1.08. The predicted molar refractivity (Wildman–Crippen MR) is 58.5 cm³/mol. The molecule has 0 heterocycles. The molecule has 0 fully saturated rings. The van der Waals surface area contributed by atoms with Gasteiger partial charge in [0.1, 0.15) is 17.5 Å². The molecule has 1 unspecified atom stereocenters. The summed E-state index contributed by atoms with van der Waals surface area (Å²) in [7, 11) is 1.56. The molecule has 1 rings (SSSR count). The Morgan fingerprint density at radius 1 is 1.31 bits per heavy atom. The second-order valence-electron chi connectivity index (χ2n) is 3.55. The summed E-state index contributed by atoms with van der Waals surface area (Å²) < 4.78 is 4.99. The van der Waals surface area contributed by atoms with E-state index in [9.17, 15) is 9.59 Å². The molecule has 0 aliphatic carbocycles. The van der Waals surface area contributed by atoms with Crippen molar-refractivity contribution in [3.8, 4) is 5.75 Å². The molecule has 1 aromatic rings. The molecule has 86 valence electrons. The number of aliphatic carboxylic acids is 1. The Morgan fingerprint density at radius 3 is 2.25 bits per heavy atom. The number of carbonyl (C=O) groups is 2. The third-order valence-corrected chi connectivity index (χ3v) is 2.39. The maximum Gasteiger partial charge on any atom is 0.314 e. The molecule has 1 N–H and O–H groups in total. The molecule has 0 amide bonds. The van der Waals surface area contributed by atoms with Crippen LogP contribution in [0.2, 0.25) is 0 Å². The van der Waals surface area contributed by atoms with Gasteiger partial charge >= 0.3 is 5.97 Å². The minimum Gasteiger partial charge on any atom is -0.497 e. The highest BCUT2D eigenvalue weighted by Crippen LogP contribution is 2.15. The molecule has 4 heteroatoms. The van der Waals surface area contributed by atoms with E-state index in [4.69, 9.17) is 9.84 Å². The molecule has 0 aliphatic rings. The summed E-state index contributed by atoms with van der Waals surface area (Å²) in [5, 5.41) is 8.86. The first kappa shape index (κ1) is 12.2. The number of rotatable bonds is 5. The van der Waals surface area contributed by atoms with Crippen LogP contribution in [-0.4, -0.2) is 24.0 Å². The molecule has 16 heavy (non-hydrogen) atoms. The van der Waals surface area contributed by atoms with Crippen molar-refractivity contribution < 1.29 is 19.4 Å². The molecule has 1 atom stereocenters. The zero-order valence-corrected chi connectivity index (χ0v) is 9.27. The molecule has 4 nitrogen and oxygen atoms in total. The van der Waals surface area contributed by atoms with Crippen LogP contribution in [0.1, 0.15) is 12.5 Å². The highest BCUT2D eigenvalue weighted by atomic mass is 16.5. The largest absolute Gasteiger partial charge is 0.497 e. The van der Waals surface area contributed by atoms with Gasteiger partial charge in [0.25, 0.3) is 0 Å². The lowest BCUT2D eigenvalue weighted by atomic mass is 9.96. The fourth-order valence-electron chi connectivity index (χ4n) is 1.40. The number of carboxylic acids is 1. The maximum absolute atomic E-state index is 11.1. The molecule has 1 aromatic carbocycles. The Bertz CT molecular complexity index is 367. The molecule has 0 bridgehead atoms. The number of carbonyl (C=O) groups excluding carboxylic acids is 1. The van der Waals surface area contributed by atoms with Crippen LogP contribution in [0.15, 0.2) is 24.3 Å². The fourth-order valence-corrected chi connectivity index (χ4v) is 1.40. The molecular weight excluding hydrogens is 208 g/mol. The molecule has 0 saturated carbocycles. The van der Waals surface area contributed by atoms with Crippen LogP contribution in [0.3, 0.4) is 0 Å². The Morgan fingerprint density at radius 2 is 1.88 bits per heavy atom. The normalized spacial score (nSPS) is 11.9. The van der Waals surface area contributed by atoms with E-state index < -0.39 is 11.9 Å². The van der Waals surface area contributed by atoms with Crippen molar-refractivity contribution in [1.82, 2.24) is 0 Å².